The van der Waals surface area contributed by atoms with Crippen LogP contribution in [0.4, 0.5) is 0 Å². The molecule has 66 valence electrons. The molecule has 1 aliphatic heterocycles. The Balaban J connectivity index is 2.61. The van der Waals surface area contributed by atoms with Crippen LogP contribution in [0.2, 0.25) is 0 Å². The van der Waals surface area contributed by atoms with Crippen LogP contribution >= 0.6 is 12.2 Å². The number of piperidine rings is 1. The van der Waals surface area contributed by atoms with E-state index >= 15 is 0 Å². The van der Waals surface area contributed by atoms with E-state index in [0.29, 0.717) is 18.5 Å². The van der Waals surface area contributed by atoms with Crippen molar-refractivity contribution in [1.29, 1.82) is 5.26 Å². The van der Waals surface area contributed by atoms with E-state index in [-0.39, 0.29) is 0 Å². The molecule has 1 rings (SSSR count). The van der Waals surface area contributed by atoms with Crippen LogP contribution in [0.3, 0.4) is 0 Å². The Morgan fingerprint density at radius 1 is 1.67 bits per heavy atom. The number of nitrogens with zero attached hydrogens (tertiary/aromatic N) is 2. The number of likely N-dealkylation sites (tertiary alicyclic amines) is 1. The second-order valence-corrected chi connectivity index (χ2v) is 4.10. The van der Waals surface area contributed by atoms with Crippen molar-refractivity contribution in [3.05, 3.63) is 0 Å². The Labute approximate surface area is 79.2 Å². The summed E-state index contributed by atoms with van der Waals surface area (Å²) in [6.45, 7) is 5.70. The van der Waals surface area contributed by atoms with E-state index in [4.69, 9.17) is 17.5 Å². The lowest BCUT2D eigenvalue weighted by Gasteiger charge is -2.36. The third-order valence-electron chi connectivity index (χ3n) is 2.60. The summed E-state index contributed by atoms with van der Waals surface area (Å²) in [5.41, 5.74) is 0. The highest BCUT2D eigenvalue weighted by atomic mass is 32.1. The van der Waals surface area contributed by atoms with Crippen molar-refractivity contribution in [3.63, 3.8) is 0 Å². The van der Waals surface area contributed by atoms with Gasteiger partial charge in [0.1, 0.15) is 0 Å². The van der Waals surface area contributed by atoms with Gasteiger partial charge >= 0.3 is 0 Å². The number of hydrogen-bond donors (Lipinski definition) is 0. The fraction of sp³-hybridized carbons (Fsp3) is 0.778. The van der Waals surface area contributed by atoms with Crippen LogP contribution in [-0.4, -0.2) is 28.9 Å². The predicted octanol–water partition coefficient (Wildman–Crippen LogP) is 1.61. The first-order valence-corrected chi connectivity index (χ1v) is 4.68. The first-order chi connectivity index (χ1) is 5.65. The minimum absolute atomic E-state index is 0.497. The lowest BCUT2D eigenvalue weighted by Crippen LogP contribution is -2.46. The van der Waals surface area contributed by atoms with Crippen molar-refractivity contribution in [2.24, 2.45) is 5.92 Å². The van der Waals surface area contributed by atoms with Gasteiger partial charge in [-0.1, -0.05) is 19.1 Å². The Hall–Kier alpha value is -0.460. The molecule has 2 nitrogen and oxygen atoms in total. The largest absolute Gasteiger partial charge is 0.283 e. The second-order valence-electron chi connectivity index (χ2n) is 3.52. The van der Waals surface area contributed by atoms with E-state index in [9.17, 15) is 0 Å². The van der Waals surface area contributed by atoms with Gasteiger partial charge in [0.15, 0.2) is 0 Å². The molecule has 0 N–H and O–H groups in total. The summed E-state index contributed by atoms with van der Waals surface area (Å²) >= 11 is 5.18. The molecule has 0 amide bonds. The SMILES string of the molecule is CC1CC(=S)CN(CC#N)C1C. The second kappa shape index (κ2) is 3.97. The summed E-state index contributed by atoms with van der Waals surface area (Å²) in [5.74, 6) is 0.597. The standard InChI is InChI=1S/C9H14N2S/c1-7-5-9(12)6-11(4-3-10)8(7)2/h7-8H,4-6H2,1-2H3. The Kier molecular flexibility index (Phi) is 3.19. The van der Waals surface area contributed by atoms with Gasteiger partial charge in [0.05, 0.1) is 12.6 Å². The first kappa shape index (κ1) is 9.63. The zero-order chi connectivity index (χ0) is 9.14. The summed E-state index contributed by atoms with van der Waals surface area (Å²) in [6, 6.07) is 2.67. The topological polar surface area (TPSA) is 27.0 Å². The molecule has 1 saturated heterocycles. The molecule has 1 heterocycles. The molecule has 0 saturated carbocycles. The van der Waals surface area contributed by atoms with Crippen molar-refractivity contribution < 1.29 is 0 Å². The molecule has 0 bridgehead atoms. The van der Waals surface area contributed by atoms with Gasteiger partial charge in [-0.05, 0) is 19.3 Å². The van der Waals surface area contributed by atoms with E-state index in [1.807, 2.05) is 0 Å². The van der Waals surface area contributed by atoms with Crippen LogP contribution in [-0.2, 0) is 0 Å². The molecule has 1 aliphatic rings. The number of thiocarbonyl (C=S) groups is 1. The highest BCUT2D eigenvalue weighted by molar-refractivity contribution is 7.80. The quantitative estimate of drug-likeness (QED) is 0.455. The molecular weight excluding hydrogens is 168 g/mol. The van der Waals surface area contributed by atoms with Crippen LogP contribution < -0.4 is 0 Å². The molecule has 12 heavy (non-hydrogen) atoms. The van der Waals surface area contributed by atoms with Crippen molar-refractivity contribution >= 4 is 17.1 Å². The Morgan fingerprint density at radius 2 is 2.33 bits per heavy atom. The summed E-state index contributed by atoms with van der Waals surface area (Å²) in [5, 5.41) is 8.57. The average molecular weight is 182 g/mol. The van der Waals surface area contributed by atoms with E-state index < -0.39 is 0 Å². The molecular formula is C9H14N2S. The van der Waals surface area contributed by atoms with Crippen LogP contribution in [0.5, 0.6) is 0 Å². The maximum atomic E-state index is 8.57. The van der Waals surface area contributed by atoms with Gasteiger partial charge in [-0.2, -0.15) is 5.26 Å². The molecule has 0 aliphatic carbocycles. The van der Waals surface area contributed by atoms with Crippen LogP contribution in [0.15, 0.2) is 0 Å². The lowest BCUT2D eigenvalue weighted by atomic mass is 9.92. The van der Waals surface area contributed by atoms with Gasteiger partial charge in [0.25, 0.3) is 0 Å². The molecule has 0 aromatic heterocycles. The normalized spacial score (nSPS) is 31.6. The van der Waals surface area contributed by atoms with Crippen molar-refractivity contribution in [2.75, 3.05) is 13.1 Å². The number of rotatable bonds is 1. The molecule has 1 fully saturated rings. The smallest absolute Gasteiger partial charge is 0.0871 e. The molecule has 0 spiro atoms. The Bertz CT molecular complexity index is 219. The Morgan fingerprint density at radius 3 is 2.92 bits per heavy atom. The highest BCUT2D eigenvalue weighted by Gasteiger charge is 2.26. The highest BCUT2D eigenvalue weighted by Crippen LogP contribution is 2.20. The molecule has 3 heteroatoms. The zero-order valence-electron chi connectivity index (χ0n) is 7.58. The molecule has 0 radical (unpaired) electrons. The number of hydrogen-bond acceptors (Lipinski definition) is 3. The van der Waals surface area contributed by atoms with Crippen LogP contribution in [0.1, 0.15) is 20.3 Å². The van der Waals surface area contributed by atoms with Gasteiger partial charge in [0.2, 0.25) is 0 Å². The van der Waals surface area contributed by atoms with E-state index in [2.05, 4.69) is 24.8 Å². The summed E-state index contributed by atoms with van der Waals surface area (Å²) in [4.78, 5) is 3.24. The van der Waals surface area contributed by atoms with Gasteiger partial charge in [-0.3, -0.25) is 4.90 Å². The van der Waals surface area contributed by atoms with Gasteiger partial charge < -0.3 is 0 Å². The first-order valence-electron chi connectivity index (χ1n) is 4.28. The van der Waals surface area contributed by atoms with Gasteiger partial charge in [0, 0.05) is 17.5 Å². The minimum atomic E-state index is 0.497. The van der Waals surface area contributed by atoms with E-state index in [1.165, 1.54) is 0 Å². The summed E-state index contributed by atoms with van der Waals surface area (Å²) < 4.78 is 0. The van der Waals surface area contributed by atoms with Crippen LogP contribution in [0, 0.1) is 17.2 Å². The average Bonchev–Trinajstić information content (AvgIpc) is 2.00. The van der Waals surface area contributed by atoms with E-state index in [1.54, 1.807) is 0 Å². The predicted molar refractivity (Wildman–Crippen MR) is 53.0 cm³/mol. The van der Waals surface area contributed by atoms with Crippen LogP contribution in [0.25, 0.3) is 0 Å². The minimum Gasteiger partial charge on any atom is -0.283 e. The lowest BCUT2D eigenvalue weighted by molar-refractivity contribution is 0.189. The molecule has 0 aromatic carbocycles. The monoisotopic (exact) mass is 182 g/mol. The van der Waals surface area contributed by atoms with Crippen molar-refractivity contribution in [3.8, 4) is 6.07 Å². The number of nitriles is 1. The summed E-state index contributed by atoms with van der Waals surface area (Å²) in [7, 11) is 0. The maximum Gasteiger partial charge on any atom is 0.0871 e. The van der Waals surface area contributed by atoms with Crippen molar-refractivity contribution in [1.82, 2.24) is 4.90 Å². The molecule has 2 atom stereocenters. The molecule has 2 unspecified atom stereocenters. The summed E-state index contributed by atoms with van der Waals surface area (Å²) in [6.07, 6.45) is 1.04. The maximum absolute atomic E-state index is 8.57. The van der Waals surface area contributed by atoms with E-state index in [0.717, 1.165) is 17.8 Å². The van der Waals surface area contributed by atoms with Gasteiger partial charge in [-0.25, -0.2) is 0 Å². The third kappa shape index (κ3) is 2.02. The van der Waals surface area contributed by atoms with Crippen molar-refractivity contribution in [2.45, 2.75) is 26.3 Å². The fourth-order valence-corrected chi connectivity index (χ4v) is 2.04. The fourth-order valence-electron chi connectivity index (χ4n) is 1.62. The third-order valence-corrected chi connectivity index (χ3v) is 2.90. The molecule has 0 aromatic rings. The van der Waals surface area contributed by atoms with Gasteiger partial charge in [-0.15, -0.1) is 0 Å². The zero-order valence-corrected chi connectivity index (χ0v) is 8.40.